The summed E-state index contributed by atoms with van der Waals surface area (Å²) in [5.41, 5.74) is -0.0809. The molecule has 19 heavy (non-hydrogen) atoms. The topological polar surface area (TPSA) is 12.5 Å². The van der Waals surface area contributed by atoms with Crippen LogP contribution < -0.4 is 0 Å². The molecule has 2 nitrogen and oxygen atoms in total. The molecule has 4 radical (unpaired) electrons. The second-order valence-corrected chi connectivity index (χ2v) is 7.54. The average molecular weight is 257 g/mol. The van der Waals surface area contributed by atoms with Crippen LogP contribution in [-0.2, 0) is 4.74 Å². The molecule has 0 N–H and O–H groups in total. The number of ether oxygens (including phenoxy) is 1. The van der Waals surface area contributed by atoms with Gasteiger partial charge in [0.1, 0.15) is 0 Å². The first-order valence-electron chi connectivity index (χ1n) is 7.85. The van der Waals surface area contributed by atoms with Crippen LogP contribution in [-0.4, -0.2) is 51.2 Å². The molecule has 2 aliphatic heterocycles. The molecule has 0 aromatic rings. The van der Waals surface area contributed by atoms with Crippen LogP contribution in [0.1, 0.15) is 46.0 Å². The maximum Gasteiger partial charge on any atom is 0.0828 e. The van der Waals surface area contributed by atoms with E-state index in [-0.39, 0.29) is 5.60 Å². The highest BCUT2D eigenvalue weighted by Gasteiger charge is 2.45. The molecule has 3 rings (SSSR count). The largest absolute Gasteiger partial charge is 0.376 e. The molecule has 2 saturated heterocycles. The number of fused-ring (bicyclic) bond motifs is 1. The highest BCUT2D eigenvalue weighted by Crippen LogP contribution is 2.43. The molecule has 0 bridgehead atoms. The smallest absolute Gasteiger partial charge is 0.0828 e. The van der Waals surface area contributed by atoms with Gasteiger partial charge in [-0.1, -0.05) is 11.8 Å². The maximum absolute atomic E-state index is 6.57. The highest BCUT2D eigenvalue weighted by molar-refractivity contribution is 6.40. The van der Waals surface area contributed by atoms with E-state index < -0.39 is 5.34 Å². The lowest BCUT2D eigenvalue weighted by atomic mass is 9.51. The summed E-state index contributed by atoms with van der Waals surface area (Å²) in [5, 5.41) is -0.647. The van der Waals surface area contributed by atoms with Crippen LogP contribution in [0.2, 0.25) is 0 Å². The lowest BCUT2D eigenvalue weighted by Gasteiger charge is -2.49. The summed E-state index contributed by atoms with van der Waals surface area (Å²) in [4.78, 5) is 2.37. The zero-order valence-electron chi connectivity index (χ0n) is 12.4. The third kappa shape index (κ3) is 2.63. The molecule has 3 aliphatic rings. The second-order valence-electron chi connectivity index (χ2n) is 7.54. The van der Waals surface area contributed by atoms with Gasteiger partial charge in [-0.05, 0) is 57.3 Å². The SMILES string of the molecule is [B]C([B])(C1CCOC(C)(C)C1)N1CC2CCCC2C1. The predicted molar refractivity (Wildman–Crippen MR) is 79.4 cm³/mol. The first kappa shape index (κ1) is 14.0. The van der Waals surface area contributed by atoms with Gasteiger partial charge in [0.2, 0.25) is 0 Å². The van der Waals surface area contributed by atoms with E-state index in [1.807, 2.05) is 0 Å². The Morgan fingerprint density at radius 2 is 1.74 bits per heavy atom. The van der Waals surface area contributed by atoms with Crippen molar-refractivity contribution in [2.75, 3.05) is 19.7 Å². The van der Waals surface area contributed by atoms with Gasteiger partial charge in [-0.25, -0.2) is 0 Å². The molecule has 0 aromatic heterocycles. The van der Waals surface area contributed by atoms with Crippen LogP contribution in [0.3, 0.4) is 0 Å². The van der Waals surface area contributed by atoms with Crippen molar-refractivity contribution in [3.05, 3.63) is 0 Å². The van der Waals surface area contributed by atoms with E-state index in [1.54, 1.807) is 0 Å². The molecule has 0 aromatic carbocycles. The van der Waals surface area contributed by atoms with E-state index in [0.717, 1.165) is 44.4 Å². The second kappa shape index (κ2) is 4.80. The van der Waals surface area contributed by atoms with Gasteiger partial charge in [-0.3, -0.25) is 0 Å². The van der Waals surface area contributed by atoms with E-state index in [2.05, 4.69) is 18.7 Å². The van der Waals surface area contributed by atoms with Crippen molar-refractivity contribution >= 4 is 15.7 Å². The van der Waals surface area contributed by atoms with Crippen molar-refractivity contribution < 1.29 is 4.74 Å². The fourth-order valence-corrected chi connectivity index (χ4v) is 4.44. The number of hydrogen-bond acceptors (Lipinski definition) is 2. The molecule has 4 heteroatoms. The first-order chi connectivity index (χ1) is 8.88. The van der Waals surface area contributed by atoms with Crippen LogP contribution >= 0.6 is 0 Å². The summed E-state index contributed by atoms with van der Waals surface area (Å²) in [6.45, 7) is 7.29. The van der Waals surface area contributed by atoms with Crippen molar-refractivity contribution in [1.29, 1.82) is 0 Å². The lowest BCUT2D eigenvalue weighted by Crippen LogP contribution is -2.57. The first-order valence-corrected chi connectivity index (χ1v) is 7.85. The average Bonchev–Trinajstić information content (AvgIpc) is 2.87. The fourth-order valence-electron chi connectivity index (χ4n) is 4.44. The fraction of sp³-hybridized carbons (Fsp3) is 1.00. The number of nitrogens with zero attached hydrogens (tertiary/aromatic N) is 1. The van der Waals surface area contributed by atoms with Gasteiger partial charge in [0.25, 0.3) is 0 Å². The molecule has 0 amide bonds. The minimum absolute atomic E-state index is 0.0809. The van der Waals surface area contributed by atoms with Crippen LogP contribution in [0.5, 0.6) is 0 Å². The van der Waals surface area contributed by atoms with E-state index in [4.69, 9.17) is 20.4 Å². The Balaban J connectivity index is 1.68. The molecule has 102 valence electrons. The lowest BCUT2D eigenvalue weighted by molar-refractivity contribution is -0.0837. The Hall–Kier alpha value is 0.0499. The molecule has 3 fully saturated rings. The van der Waals surface area contributed by atoms with Crippen molar-refractivity contribution in [1.82, 2.24) is 4.90 Å². The summed E-state index contributed by atoms with van der Waals surface area (Å²) in [6, 6.07) is 0. The number of hydrogen-bond donors (Lipinski definition) is 0. The van der Waals surface area contributed by atoms with E-state index in [1.165, 1.54) is 19.3 Å². The summed E-state index contributed by atoms with van der Waals surface area (Å²) >= 11 is 0. The Labute approximate surface area is 120 Å². The quantitative estimate of drug-likeness (QED) is 0.700. The third-order valence-electron chi connectivity index (χ3n) is 5.63. The minimum atomic E-state index is -0.647. The van der Waals surface area contributed by atoms with Crippen molar-refractivity contribution in [3.63, 3.8) is 0 Å². The van der Waals surface area contributed by atoms with Crippen molar-refractivity contribution in [2.24, 2.45) is 17.8 Å². The Morgan fingerprint density at radius 3 is 2.32 bits per heavy atom. The summed E-state index contributed by atoms with van der Waals surface area (Å²) in [7, 11) is 13.1. The maximum atomic E-state index is 6.57. The van der Waals surface area contributed by atoms with Gasteiger partial charge in [0, 0.05) is 19.7 Å². The summed E-state index contributed by atoms with van der Waals surface area (Å²) in [6.07, 6.45) is 6.09. The predicted octanol–water partition coefficient (Wildman–Crippen LogP) is 1.91. The van der Waals surface area contributed by atoms with Gasteiger partial charge < -0.3 is 9.64 Å². The summed E-state index contributed by atoms with van der Waals surface area (Å²) in [5.74, 6) is 2.04. The molecule has 2 heterocycles. The van der Waals surface area contributed by atoms with Gasteiger partial charge >= 0.3 is 0 Å². The monoisotopic (exact) mass is 257 g/mol. The molecule has 3 unspecified atom stereocenters. The van der Waals surface area contributed by atoms with Crippen LogP contribution in [0.15, 0.2) is 0 Å². The molecule has 3 atom stereocenters. The molecular formula is C15H25B2NO. The summed E-state index contributed by atoms with van der Waals surface area (Å²) < 4.78 is 5.80. The third-order valence-corrected chi connectivity index (χ3v) is 5.63. The highest BCUT2D eigenvalue weighted by atomic mass is 16.5. The zero-order valence-corrected chi connectivity index (χ0v) is 12.4. The minimum Gasteiger partial charge on any atom is -0.376 e. The van der Waals surface area contributed by atoms with Crippen LogP contribution in [0.25, 0.3) is 0 Å². The van der Waals surface area contributed by atoms with E-state index in [9.17, 15) is 0 Å². The van der Waals surface area contributed by atoms with Crippen LogP contribution in [0.4, 0.5) is 0 Å². The van der Waals surface area contributed by atoms with Crippen molar-refractivity contribution in [2.45, 2.75) is 56.9 Å². The Kier molecular flexibility index (Phi) is 3.54. The number of rotatable bonds is 2. The van der Waals surface area contributed by atoms with Gasteiger partial charge in [-0.2, -0.15) is 0 Å². The normalized spacial score (nSPS) is 39.4. The Morgan fingerprint density at radius 1 is 1.11 bits per heavy atom. The zero-order chi connectivity index (χ0) is 13.7. The molecule has 0 spiro atoms. The van der Waals surface area contributed by atoms with E-state index in [0.29, 0.717) is 5.92 Å². The Bertz CT molecular complexity index is 333. The van der Waals surface area contributed by atoms with E-state index >= 15 is 0 Å². The van der Waals surface area contributed by atoms with Crippen molar-refractivity contribution in [3.8, 4) is 0 Å². The molecular weight excluding hydrogens is 232 g/mol. The standard InChI is InChI=1S/C15H25B2NO/c1-14(2)8-13(6-7-19-14)15(16,17)18-9-11-4-3-5-12(11)10-18/h11-13H,3-10H2,1-2H3. The van der Waals surface area contributed by atoms with Gasteiger partial charge in [-0.15, -0.1) is 0 Å². The van der Waals surface area contributed by atoms with Crippen LogP contribution in [0, 0.1) is 17.8 Å². The number of likely N-dealkylation sites (tertiary alicyclic amines) is 1. The van der Waals surface area contributed by atoms with Gasteiger partial charge in [0.05, 0.1) is 21.3 Å². The molecule has 1 saturated carbocycles. The molecule has 1 aliphatic carbocycles. The van der Waals surface area contributed by atoms with Gasteiger partial charge in [0.15, 0.2) is 0 Å².